The Morgan fingerprint density at radius 2 is 1.88 bits per heavy atom. The standard InChI is InChI=1S/C16H16F4N4O/c1-12(25)23-10-9-22(14-5-3-13(17)4-6-14)11-15(23,16(18,19)20)24-8-2-7-21-24/h2-8H,9-11H2,1H3. The van der Waals surface area contributed by atoms with Crippen LogP contribution in [0.15, 0.2) is 42.7 Å². The van der Waals surface area contributed by atoms with Crippen LogP contribution in [0.2, 0.25) is 0 Å². The Morgan fingerprint density at radius 3 is 2.40 bits per heavy atom. The third kappa shape index (κ3) is 2.83. The Bertz CT molecular complexity index is 744. The number of benzene rings is 1. The number of halogens is 4. The van der Waals surface area contributed by atoms with Crippen LogP contribution in [0.1, 0.15) is 6.92 Å². The molecule has 0 radical (unpaired) electrons. The fourth-order valence-electron chi connectivity index (χ4n) is 3.18. The van der Waals surface area contributed by atoms with Crippen molar-refractivity contribution in [2.75, 3.05) is 24.5 Å². The van der Waals surface area contributed by atoms with E-state index in [0.29, 0.717) is 5.69 Å². The van der Waals surface area contributed by atoms with Crippen molar-refractivity contribution >= 4 is 11.6 Å². The molecular formula is C16H16F4N4O. The maximum absolute atomic E-state index is 14.2. The summed E-state index contributed by atoms with van der Waals surface area (Å²) in [4.78, 5) is 14.2. The van der Waals surface area contributed by atoms with E-state index in [4.69, 9.17) is 0 Å². The SMILES string of the molecule is CC(=O)N1CCN(c2ccc(F)cc2)CC1(n1cccn1)C(F)(F)F. The average molecular weight is 356 g/mol. The van der Waals surface area contributed by atoms with Crippen molar-refractivity contribution < 1.29 is 22.4 Å². The molecule has 0 bridgehead atoms. The molecular weight excluding hydrogens is 340 g/mol. The first-order valence-electron chi connectivity index (χ1n) is 7.61. The highest BCUT2D eigenvalue weighted by Gasteiger charge is 2.64. The van der Waals surface area contributed by atoms with Gasteiger partial charge in [-0.15, -0.1) is 0 Å². The van der Waals surface area contributed by atoms with Crippen LogP contribution in [0.4, 0.5) is 23.2 Å². The first-order chi connectivity index (χ1) is 11.8. The van der Waals surface area contributed by atoms with E-state index >= 15 is 0 Å². The third-order valence-electron chi connectivity index (χ3n) is 4.36. The quantitative estimate of drug-likeness (QED) is 0.777. The van der Waals surface area contributed by atoms with Gasteiger partial charge in [0.25, 0.3) is 0 Å². The molecule has 0 spiro atoms. The second-order valence-corrected chi connectivity index (χ2v) is 5.83. The van der Waals surface area contributed by atoms with Gasteiger partial charge in [-0.05, 0) is 30.3 Å². The molecule has 1 aromatic heterocycles. The smallest absolute Gasteiger partial charge is 0.365 e. The first-order valence-corrected chi connectivity index (χ1v) is 7.61. The van der Waals surface area contributed by atoms with Crippen LogP contribution >= 0.6 is 0 Å². The number of aromatic nitrogens is 2. The minimum atomic E-state index is -4.76. The number of hydrogen-bond donors (Lipinski definition) is 0. The molecule has 0 aliphatic carbocycles. The van der Waals surface area contributed by atoms with Crippen molar-refractivity contribution in [1.82, 2.24) is 14.7 Å². The second-order valence-electron chi connectivity index (χ2n) is 5.83. The normalized spacial score (nSPS) is 21.5. The molecule has 9 heteroatoms. The van der Waals surface area contributed by atoms with Crippen LogP contribution in [0, 0.1) is 5.82 Å². The van der Waals surface area contributed by atoms with Crippen LogP contribution in [-0.4, -0.2) is 46.4 Å². The fourth-order valence-corrected chi connectivity index (χ4v) is 3.18. The molecule has 3 rings (SSSR count). The van der Waals surface area contributed by atoms with Gasteiger partial charge < -0.3 is 9.80 Å². The van der Waals surface area contributed by atoms with Crippen molar-refractivity contribution in [1.29, 1.82) is 0 Å². The summed E-state index contributed by atoms with van der Waals surface area (Å²) in [6, 6.07) is 6.60. The largest absolute Gasteiger partial charge is 0.434 e. The van der Waals surface area contributed by atoms with Gasteiger partial charge in [0, 0.05) is 38.1 Å². The maximum Gasteiger partial charge on any atom is 0.434 e. The number of carbonyl (C=O) groups is 1. The molecule has 134 valence electrons. The zero-order chi connectivity index (χ0) is 18.2. The van der Waals surface area contributed by atoms with Crippen LogP contribution in [0.5, 0.6) is 0 Å². The van der Waals surface area contributed by atoms with Gasteiger partial charge >= 0.3 is 6.18 Å². The molecule has 1 aliphatic heterocycles. The van der Waals surface area contributed by atoms with Gasteiger partial charge in [-0.1, -0.05) is 0 Å². The van der Waals surface area contributed by atoms with Crippen molar-refractivity contribution in [3.8, 4) is 0 Å². The molecule has 1 aliphatic rings. The van der Waals surface area contributed by atoms with Gasteiger partial charge in [-0.2, -0.15) is 18.3 Å². The Hall–Kier alpha value is -2.58. The Labute approximate surface area is 141 Å². The minimum absolute atomic E-state index is 0.133. The summed E-state index contributed by atoms with van der Waals surface area (Å²) in [5.74, 6) is -1.16. The lowest BCUT2D eigenvalue weighted by atomic mass is 10.0. The van der Waals surface area contributed by atoms with Gasteiger partial charge in [0.2, 0.25) is 11.6 Å². The lowest BCUT2D eigenvalue weighted by Gasteiger charge is -2.51. The molecule has 1 unspecified atom stereocenters. The molecule has 2 aromatic rings. The van der Waals surface area contributed by atoms with E-state index in [-0.39, 0.29) is 13.1 Å². The zero-order valence-corrected chi connectivity index (χ0v) is 13.4. The predicted molar refractivity (Wildman–Crippen MR) is 82.3 cm³/mol. The number of hydrogen-bond acceptors (Lipinski definition) is 3. The Morgan fingerprint density at radius 1 is 1.20 bits per heavy atom. The maximum atomic E-state index is 14.2. The summed E-state index contributed by atoms with van der Waals surface area (Å²) in [5.41, 5.74) is -2.18. The van der Waals surface area contributed by atoms with Gasteiger partial charge in [-0.25, -0.2) is 9.07 Å². The van der Waals surface area contributed by atoms with Gasteiger partial charge in [-0.3, -0.25) is 4.79 Å². The molecule has 5 nitrogen and oxygen atoms in total. The van der Waals surface area contributed by atoms with Crippen molar-refractivity contribution in [2.24, 2.45) is 0 Å². The molecule has 1 saturated heterocycles. The van der Waals surface area contributed by atoms with Crippen LogP contribution in [0.3, 0.4) is 0 Å². The highest BCUT2D eigenvalue weighted by atomic mass is 19.4. The highest BCUT2D eigenvalue weighted by Crippen LogP contribution is 2.43. The molecule has 1 aromatic carbocycles. The predicted octanol–water partition coefficient (Wildman–Crippen LogP) is 2.61. The van der Waals surface area contributed by atoms with Crippen molar-refractivity contribution in [2.45, 2.75) is 18.8 Å². The molecule has 1 amide bonds. The van der Waals surface area contributed by atoms with E-state index in [9.17, 15) is 22.4 Å². The highest BCUT2D eigenvalue weighted by molar-refractivity contribution is 5.74. The summed E-state index contributed by atoms with van der Waals surface area (Å²) in [6.45, 7) is 0.636. The summed E-state index contributed by atoms with van der Waals surface area (Å²) < 4.78 is 56.4. The topological polar surface area (TPSA) is 41.4 Å². The third-order valence-corrected chi connectivity index (χ3v) is 4.36. The van der Waals surface area contributed by atoms with Crippen LogP contribution < -0.4 is 4.90 Å². The van der Waals surface area contributed by atoms with E-state index in [1.54, 1.807) is 0 Å². The number of anilines is 1. The van der Waals surface area contributed by atoms with E-state index in [1.165, 1.54) is 47.6 Å². The summed E-state index contributed by atoms with van der Waals surface area (Å²) in [5, 5.41) is 3.77. The minimum Gasteiger partial charge on any atom is -0.365 e. The summed E-state index contributed by atoms with van der Waals surface area (Å²) in [7, 11) is 0. The molecule has 25 heavy (non-hydrogen) atoms. The van der Waals surface area contributed by atoms with Gasteiger partial charge in [0.1, 0.15) is 5.82 Å². The van der Waals surface area contributed by atoms with Gasteiger partial charge in [0.15, 0.2) is 0 Å². The second kappa shape index (κ2) is 6.05. The molecule has 1 fully saturated rings. The summed E-state index contributed by atoms with van der Waals surface area (Å²) >= 11 is 0. The number of piperazine rings is 1. The number of rotatable bonds is 2. The lowest BCUT2D eigenvalue weighted by molar-refractivity contribution is -0.267. The molecule has 0 N–H and O–H groups in total. The number of amides is 1. The Balaban J connectivity index is 2.09. The van der Waals surface area contributed by atoms with E-state index in [2.05, 4.69) is 5.10 Å². The fraction of sp³-hybridized carbons (Fsp3) is 0.375. The number of carbonyl (C=O) groups excluding carboxylic acids is 1. The van der Waals surface area contributed by atoms with Crippen molar-refractivity contribution in [3.05, 3.63) is 48.5 Å². The number of alkyl halides is 3. The monoisotopic (exact) mass is 356 g/mol. The number of nitrogens with zero attached hydrogens (tertiary/aromatic N) is 4. The lowest BCUT2D eigenvalue weighted by Crippen LogP contribution is -2.71. The van der Waals surface area contributed by atoms with Crippen LogP contribution in [0.25, 0.3) is 0 Å². The molecule has 1 atom stereocenters. The van der Waals surface area contributed by atoms with E-state index < -0.39 is 30.1 Å². The van der Waals surface area contributed by atoms with Gasteiger partial charge in [0.05, 0.1) is 6.54 Å². The average Bonchev–Trinajstić information content (AvgIpc) is 3.08. The zero-order valence-electron chi connectivity index (χ0n) is 13.4. The Kier molecular flexibility index (Phi) is 4.18. The van der Waals surface area contributed by atoms with E-state index in [1.807, 2.05) is 0 Å². The van der Waals surface area contributed by atoms with Crippen LogP contribution in [-0.2, 0) is 10.5 Å². The molecule has 2 heterocycles. The van der Waals surface area contributed by atoms with E-state index in [0.717, 1.165) is 16.5 Å². The summed E-state index contributed by atoms with van der Waals surface area (Å²) in [6.07, 6.45) is -2.33. The van der Waals surface area contributed by atoms with Crippen molar-refractivity contribution in [3.63, 3.8) is 0 Å². The molecule has 0 saturated carbocycles. The first kappa shape index (κ1) is 17.2.